The van der Waals surface area contributed by atoms with Crippen molar-refractivity contribution in [2.24, 2.45) is 0 Å². The van der Waals surface area contributed by atoms with E-state index in [1.807, 2.05) is 12.1 Å². The van der Waals surface area contributed by atoms with Crippen molar-refractivity contribution in [2.45, 2.75) is 117 Å². The van der Waals surface area contributed by atoms with Crippen molar-refractivity contribution in [2.75, 3.05) is 28.4 Å². The van der Waals surface area contributed by atoms with Crippen molar-refractivity contribution >= 4 is 11.6 Å². The molecule has 6 heteroatoms. The monoisotopic (exact) mass is 734 g/mol. The highest BCUT2D eigenvalue weighted by Crippen LogP contribution is 2.60. The summed E-state index contributed by atoms with van der Waals surface area (Å²) in [4.78, 5) is 0. The van der Waals surface area contributed by atoms with Gasteiger partial charge in [-0.15, -0.1) is 0 Å². The minimum absolute atomic E-state index is 0.243. The molecule has 0 fully saturated rings. The third kappa shape index (κ3) is 7.67. The fourth-order valence-corrected chi connectivity index (χ4v) is 7.91. The van der Waals surface area contributed by atoms with Crippen LogP contribution in [0.5, 0.6) is 34.5 Å². The Morgan fingerprint density at radius 3 is 1.24 bits per heavy atom. The molecule has 4 aromatic rings. The Kier molecular flexibility index (Phi) is 10.7. The summed E-state index contributed by atoms with van der Waals surface area (Å²) in [5, 5.41) is 23.5. The first-order valence-corrected chi connectivity index (χ1v) is 18.9. The number of methoxy groups -OCH3 is 4. The van der Waals surface area contributed by atoms with Crippen molar-refractivity contribution in [3.05, 3.63) is 105 Å². The SMILES string of the molecule is COc1cc(OC)cc([C@@H]2/C(=C\c3cc(C(C)(C)C)c(O)c(C(C)(C)C)c3)c3cc(OC)cc(OC)c3[C@H]2c2cc(C(C)(C)C)c(O)c(C(C)(C)C)c2)c1. The van der Waals surface area contributed by atoms with Crippen molar-refractivity contribution < 1.29 is 29.2 Å². The molecule has 0 aliphatic heterocycles. The highest BCUT2D eigenvalue weighted by atomic mass is 16.5. The lowest BCUT2D eigenvalue weighted by molar-refractivity contribution is 0.389. The Balaban J connectivity index is 2.01. The molecule has 0 spiro atoms. The molecule has 0 amide bonds. The van der Waals surface area contributed by atoms with E-state index in [1.165, 1.54) is 0 Å². The van der Waals surface area contributed by atoms with Crippen LogP contribution in [0.25, 0.3) is 11.6 Å². The van der Waals surface area contributed by atoms with Crippen LogP contribution < -0.4 is 18.9 Å². The molecule has 54 heavy (non-hydrogen) atoms. The summed E-state index contributed by atoms with van der Waals surface area (Å²) in [5.74, 6) is 2.97. The first-order valence-electron chi connectivity index (χ1n) is 18.9. The number of allylic oxidation sites excluding steroid dienone is 1. The summed E-state index contributed by atoms with van der Waals surface area (Å²) in [6.07, 6.45) is 2.27. The van der Waals surface area contributed by atoms with E-state index >= 15 is 0 Å². The summed E-state index contributed by atoms with van der Waals surface area (Å²) in [5.41, 5.74) is 8.45. The highest BCUT2D eigenvalue weighted by molar-refractivity contribution is 5.93. The molecule has 0 aromatic heterocycles. The van der Waals surface area contributed by atoms with Crippen LogP contribution in [-0.2, 0) is 21.7 Å². The Hall–Kier alpha value is -4.58. The molecule has 0 radical (unpaired) electrons. The van der Waals surface area contributed by atoms with E-state index in [2.05, 4.69) is 132 Å². The molecule has 0 saturated heterocycles. The maximum Gasteiger partial charge on any atom is 0.127 e. The van der Waals surface area contributed by atoms with Crippen molar-refractivity contribution in [3.8, 4) is 34.5 Å². The lowest BCUT2D eigenvalue weighted by Gasteiger charge is -2.31. The van der Waals surface area contributed by atoms with Crippen LogP contribution in [0.4, 0.5) is 0 Å². The predicted molar refractivity (Wildman–Crippen MR) is 223 cm³/mol. The van der Waals surface area contributed by atoms with Crippen molar-refractivity contribution in [1.82, 2.24) is 0 Å². The minimum atomic E-state index is -0.336. The molecule has 5 rings (SSSR count). The van der Waals surface area contributed by atoms with E-state index in [0.717, 1.165) is 61.4 Å². The zero-order chi connectivity index (χ0) is 40.3. The van der Waals surface area contributed by atoms with E-state index in [-0.39, 0.29) is 33.5 Å². The average molecular weight is 735 g/mol. The molecule has 6 nitrogen and oxygen atoms in total. The first-order chi connectivity index (χ1) is 24.9. The van der Waals surface area contributed by atoms with Gasteiger partial charge in [0.1, 0.15) is 34.5 Å². The van der Waals surface area contributed by atoms with Crippen LogP contribution >= 0.6 is 0 Å². The van der Waals surface area contributed by atoms with E-state index in [1.54, 1.807) is 28.4 Å². The number of hydrogen-bond donors (Lipinski definition) is 2. The molecule has 2 N–H and O–H groups in total. The number of aromatic hydroxyl groups is 2. The van der Waals surface area contributed by atoms with Crippen LogP contribution in [0.1, 0.15) is 145 Å². The topological polar surface area (TPSA) is 77.4 Å². The standard InChI is InChI=1S/C48H62O6/c1-45(2,3)35-18-27(19-36(43(35)49)46(4,5)6)17-33-34-25-32(53-15)26-39(54-16)42(34)41(40(33)28-20-30(51-13)24-31(21-28)52-14)29-22-37(47(7,8)9)44(50)38(23-29)48(10,11)12/h17-26,40-41,49-50H,1-16H3/b33-17-/t40-,41+/m1/s1. The smallest absolute Gasteiger partial charge is 0.127 e. The second-order valence-electron chi connectivity index (χ2n) is 18.9. The van der Waals surface area contributed by atoms with E-state index in [4.69, 9.17) is 18.9 Å². The Labute approximate surface area is 324 Å². The van der Waals surface area contributed by atoms with Gasteiger partial charge in [-0.1, -0.05) is 101 Å². The third-order valence-corrected chi connectivity index (χ3v) is 10.8. The number of ether oxygens (including phenoxy) is 4. The molecular weight excluding hydrogens is 673 g/mol. The highest BCUT2D eigenvalue weighted by Gasteiger charge is 2.43. The maximum atomic E-state index is 11.9. The zero-order valence-corrected chi connectivity index (χ0v) is 35.5. The van der Waals surface area contributed by atoms with Gasteiger partial charge in [-0.2, -0.15) is 0 Å². The van der Waals surface area contributed by atoms with Gasteiger partial charge in [-0.3, -0.25) is 0 Å². The van der Waals surface area contributed by atoms with Gasteiger partial charge >= 0.3 is 0 Å². The zero-order valence-electron chi connectivity index (χ0n) is 35.5. The quantitative estimate of drug-likeness (QED) is 0.197. The number of benzene rings is 4. The molecule has 0 saturated carbocycles. The number of phenols is 2. The fourth-order valence-electron chi connectivity index (χ4n) is 7.91. The number of rotatable bonds is 7. The lowest BCUT2D eigenvalue weighted by atomic mass is 9.73. The van der Waals surface area contributed by atoms with Gasteiger partial charge in [0.25, 0.3) is 0 Å². The van der Waals surface area contributed by atoms with Gasteiger partial charge in [0, 0.05) is 40.7 Å². The number of phenolic OH excluding ortho intramolecular Hbond substituents is 2. The second-order valence-corrected chi connectivity index (χ2v) is 18.9. The van der Waals surface area contributed by atoms with Crippen LogP contribution in [0, 0.1) is 0 Å². The van der Waals surface area contributed by atoms with Gasteiger partial charge < -0.3 is 29.2 Å². The van der Waals surface area contributed by atoms with Crippen LogP contribution in [-0.4, -0.2) is 38.7 Å². The Morgan fingerprint density at radius 2 is 0.852 bits per heavy atom. The molecule has 4 aromatic carbocycles. The van der Waals surface area contributed by atoms with Crippen LogP contribution in [0.3, 0.4) is 0 Å². The van der Waals surface area contributed by atoms with Gasteiger partial charge in [0.15, 0.2) is 0 Å². The lowest BCUT2D eigenvalue weighted by Crippen LogP contribution is -2.19. The average Bonchev–Trinajstić information content (AvgIpc) is 3.39. The Morgan fingerprint density at radius 1 is 0.463 bits per heavy atom. The number of hydrogen-bond acceptors (Lipinski definition) is 6. The van der Waals surface area contributed by atoms with E-state index < -0.39 is 0 Å². The van der Waals surface area contributed by atoms with Crippen molar-refractivity contribution in [3.63, 3.8) is 0 Å². The summed E-state index contributed by atoms with van der Waals surface area (Å²) in [6.45, 7) is 25.7. The van der Waals surface area contributed by atoms with Crippen LogP contribution in [0.2, 0.25) is 0 Å². The molecular formula is C48H62O6. The molecule has 2 atom stereocenters. The fraction of sp³-hybridized carbons (Fsp3) is 0.458. The van der Waals surface area contributed by atoms with Crippen molar-refractivity contribution in [1.29, 1.82) is 0 Å². The summed E-state index contributed by atoms with van der Waals surface area (Å²) >= 11 is 0. The van der Waals surface area contributed by atoms with Gasteiger partial charge in [-0.05, 0) is 90.9 Å². The minimum Gasteiger partial charge on any atom is -0.507 e. The summed E-state index contributed by atoms with van der Waals surface area (Å²) < 4.78 is 23.9. The van der Waals surface area contributed by atoms with Gasteiger partial charge in [0.2, 0.25) is 0 Å². The first kappa shape index (κ1) is 40.6. The maximum absolute atomic E-state index is 11.9. The van der Waals surface area contributed by atoms with Crippen LogP contribution in [0.15, 0.2) is 54.6 Å². The third-order valence-electron chi connectivity index (χ3n) is 10.8. The molecule has 0 heterocycles. The van der Waals surface area contributed by atoms with E-state index in [0.29, 0.717) is 28.7 Å². The largest absolute Gasteiger partial charge is 0.507 e. The predicted octanol–water partition coefficient (Wildman–Crippen LogP) is 11.8. The summed E-state index contributed by atoms with van der Waals surface area (Å²) in [6, 6.07) is 18.8. The van der Waals surface area contributed by atoms with Gasteiger partial charge in [-0.25, -0.2) is 0 Å². The molecule has 290 valence electrons. The number of fused-ring (bicyclic) bond motifs is 1. The Bertz CT molecular complexity index is 1980. The normalized spacial score (nSPS) is 17.1. The molecule has 0 bridgehead atoms. The molecule has 1 aliphatic carbocycles. The van der Waals surface area contributed by atoms with E-state index in [9.17, 15) is 10.2 Å². The second kappa shape index (κ2) is 14.2. The summed E-state index contributed by atoms with van der Waals surface area (Å²) in [7, 11) is 6.74. The molecule has 0 unspecified atom stereocenters. The molecule has 1 aliphatic rings. The van der Waals surface area contributed by atoms with Gasteiger partial charge in [0.05, 0.1) is 28.4 Å².